The number of rotatable bonds is 5. The molecule has 1 saturated carbocycles. The van der Waals surface area contributed by atoms with E-state index in [1.165, 1.54) is 25.8 Å². The normalized spacial score (nSPS) is 18.3. The Morgan fingerprint density at radius 1 is 1.33 bits per heavy atom. The first kappa shape index (κ1) is 7.03. The summed E-state index contributed by atoms with van der Waals surface area (Å²) in [5.74, 6) is 1.05. The van der Waals surface area contributed by atoms with Gasteiger partial charge in [0.2, 0.25) is 0 Å². The number of hydrogen-bond acceptors (Lipinski definition) is 2. The van der Waals surface area contributed by atoms with E-state index in [0.29, 0.717) is 0 Å². The van der Waals surface area contributed by atoms with E-state index in [9.17, 15) is 0 Å². The van der Waals surface area contributed by atoms with Crippen LogP contribution >= 0.6 is 0 Å². The lowest BCUT2D eigenvalue weighted by molar-refractivity contribution is 0.617. The fourth-order valence-corrected chi connectivity index (χ4v) is 0.940. The van der Waals surface area contributed by atoms with Crippen molar-refractivity contribution in [3.63, 3.8) is 0 Å². The molecule has 1 rings (SSSR count). The van der Waals surface area contributed by atoms with Gasteiger partial charge in [-0.25, -0.2) is 0 Å². The maximum atomic E-state index is 5.30. The van der Waals surface area contributed by atoms with Crippen LogP contribution < -0.4 is 11.1 Å². The zero-order valence-electron chi connectivity index (χ0n) is 5.90. The number of nitrogens with two attached hydrogens (primary N) is 1. The van der Waals surface area contributed by atoms with Crippen LogP contribution in [-0.4, -0.2) is 19.6 Å². The van der Waals surface area contributed by atoms with Gasteiger partial charge in [0.1, 0.15) is 0 Å². The third kappa shape index (κ3) is 3.49. The molecule has 1 aliphatic rings. The minimum Gasteiger partial charge on any atom is -0.329 e. The van der Waals surface area contributed by atoms with Crippen molar-refractivity contribution < 1.29 is 0 Å². The zero-order chi connectivity index (χ0) is 6.53. The molecular formula is C7H16N2. The average Bonchev–Trinajstić information content (AvgIpc) is 2.63. The van der Waals surface area contributed by atoms with E-state index in [1.807, 2.05) is 0 Å². The van der Waals surface area contributed by atoms with Crippen LogP contribution in [0.5, 0.6) is 0 Å². The Labute approximate surface area is 56.8 Å². The van der Waals surface area contributed by atoms with Gasteiger partial charge in [-0.05, 0) is 18.9 Å². The Balaban J connectivity index is 1.71. The van der Waals surface area contributed by atoms with E-state index in [0.717, 1.165) is 19.0 Å². The van der Waals surface area contributed by atoms with Crippen molar-refractivity contribution >= 4 is 0 Å². The first-order valence-electron chi connectivity index (χ1n) is 3.84. The van der Waals surface area contributed by atoms with Gasteiger partial charge in [0.15, 0.2) is 0 Å². The van der Waals surface area contributed by atoms with E-state index >= 15 is 0 Å². The molecule has 0 radical (unpaired) electrons. The lowest BCUT2D eigenvalue weighted by Gasteiger charge is -1.99. The summed E-state index contributed by atoms with van der Waals surface area (Å²) in [4.78, 5) is 0. The predicted molar refractivity (Wildman–Crippen MR) is 39.3 cm³/mol. The highest BCUT2D eigenvalue weighted by atomic mass is 14.9. The highest BCUT2D eigenvalue weighted by Gasteiger charge is 2.19. The molecule has 0 unspecified atom stereocenters. The highest BCUT2D eigenvalue weighted by molar-refractivity contribution is 4.73. The first-order valence-corrected chi connectivity index (χ1v) is 3.84. The Bertz CT molecular complexity index is 69.3. The molecule has 9 heavy (non-hydrogen) atoms. The molecule has 0 heterocycles. The number of nitrogens with one attached hydrogen (secondary N) is 1. The molecule has 0 spiro atoms. The van der Waals surface area contributed by atoms with Gasteiger partial charge in [-0.1, -0.05) is 12.8 Å². The van der Waals surface area contributed by atoms with Gasteiger partial charge < -0.3 is 11.1 Å². The third-order valence-corrected chi connectivity index (χ3v) is 1.75. The smallest absolute Gasteiger partial charge is 0.00745 e. The van der Waals surface area contributed by atoms with E-state index < -0.39 is 0 Å². The van der Waals surface area contributed by atoms with Crippen LogP contribution in [-0.2, 0) is 0 Å². The molecule has 0 aromatic rings. The van der Waals surface area contributed by atoms with E-state index in [4.69, 9.17) is 5.73 Å². The van der Waals surface area contributed by atoms with Gasteiger partial charge in [-0.3, -0.25) is 0 Å². The first-order chi connectivity index (χ1) is 4.43. The molecule has 54 valence electrons. The summed E-state index contributed by atoms with van der Waals surface area (Å²) in [6, 6.07) is 0. The van der Waals surface area contributed by atoms with Gasteiger partial charge in [-0.15, -0.1) is 0 Å². The van der Waals surface area contributed by atoms with Crippen LogP contribution in [0, 0.1) is 5.92 Å². The Kier molecular flexibility index (Phi) is 3.01. The summed E-state index contributed by atoms with van der Waals surface area (Å²) in [7, 11) is 0. The predicted octanol–water partition coefficient (Wildman–Crippen LogP) is 0.335. The molecule has 0 atom stereocenters. The summed E-state index contributed by atoms with van der Waals surface area (Å²) < 4.78 is 0. The van der Waals surface area contributed by atoms with Crippen LogP contribution in [0.4, 0.5) is 0 Å². The summed E-state index contributed by atoms with van der Waals surface area (Å²) in [5, 5.41) is 3.28. The molecule has 0 aliphatic heterocycles. The average molecular weight is 128 g/mol. The second kappa shape index (κ2) is 3.85. The molecule has 0 aromatic heterocycles. The summed E-state index contributed by atoms with van der Waals surface area (Å²) in [6.07, 6.45) is 4.29. The molecule has 0 amide bonds. The molecule has 0 aromatic carbocycles. The molecule has 1 aliphatic carbocycles. The van der Waals surface area contributed by atoms with Crippen LogP contribution in [0.3, 0.4) is 0 Å². The maximum absolute atomic E-state index is 5.30. The van der Waals surface area contributed by atoms with Crippen LogP contribution in [0.1, 0.15) is 19.3 Å². The van der Waals surface area contributed by atoms with Crippen molar-refractivity contribution in [3.8, 4) is 0 Å². The van der Waals surface area contributed by atoms with Crippen molar-refractivity contribution in [1.82, 2.24) is 5.32 Å². The van der Waals surface area contributed by atoms with Crippen LogP contribution in [0.15, 0.2) is 0 Å². The summed E-state index contributed by atoms with van der Waals surface area (Å²) >= 11 is 0. The molecule has 2 heteroatoms. The fourth-order valence-electron chi connectivity index (χ4n) is 0.940. The Hall–Kier alpha value is -0.0800. The molecule has 1 fully saturated rings. The second-order valence-corrected chi connectivity index (χ2v) is 2.77. The van der Waals surface area contributed by atoms with Gasteiger partial charge in [-0.2, -0.15) is 0 Å². The largest absolute Gasteiger partial charge is 0.329 e. The van der Waals surface area contributed by atoms with Crippen molar-refractivity contribution in [2.24, 2.45) is 11.7 Å². The van der Waals surface area contributed by atoms with Crippen LogP contribution in [0.2, 0.25) is 0 Å². The van der Waals surface area contributed by atoms with Gasteiger partial charge >= 0.3 is 0 Å². The number of hydrogen-bond donors (Lipinski definition) is 2. The van der Waals surface area contributed by atoms with Gasteiger partial charge in [0.25, 0.3) is 0 Å². The SMILES string of the molecule is NCCNCCC1CC1. The lowest BCUT2D eigenvalue weighted by Crippen LogP contribution is -2.23. The lowest BCUT2D eigenvalue weighted by atomic mass is 10.3. The third-order valence-electron chi connectivity index (χ3n) is 1.75. The molecule has 2 nitrogen and oxygen atoms in total. The Morgan fingerprint density at radius 2 is 2.11 bits per heavy atom. The molecule has 0 bridgehead atoms. The van der Waals surface area contributed by atoms with Gasteiger partial charge in [0.05, 0.1) is 0 Å². The second-order valence-electron chi connectivity index (χ2n) is 2.77. The Morgan fingerprint density at radius 3 is 2.67 bits per heavy atom. The quantitative estimate of drug-likeness (QED) is 0.524. The van der Waals surface area contributed by atoms with E-state index in [-0.39, 0.29) is 0 Å². The minimum atomic E-state index is 0.769. The molecule has 3 N–H and O–H groups in total. The van der Waals surface area contributed by atoms with Crippen molar-refractivity contribution in [3.05, 3.63) is 0 Å². The summed E-state index contributed by atoms with van der Waals surface area (Å²) in [6.45, 7) is 2.92. The molecule has 0 saturated heterocycles. The van der Waals surface area contributed by atoms with Crippen LogP contribution in [0.25, 0.3) is 0 Å². The minimum absolute atomic E-state index is 0.769. The maximum Gasteiger partial charge on any atom is 0.00745 e. The topological polar surface area (TPSA) is 38.0 Å². The van der Waals surface area contributed by atoms with E-state index in [2.05, 4.69) is 5.32 Å². The highest BCUT2D eigenvalue weighted by Crippen LogP contribution is 2.31. The van der Waals surface area contributed by atoms with Crippen molar-refractivity contribution in [1.29, 1.82) is 0 Å². The standard InChI is InChI=1S/C7H16N2/c8-4-6-9-5-3-7-1-2-7/h7,9H,1-6,8H2. The summed E-state index contributed by atoms with van der Waals surface area (Å²) in [5.41, 5.74) is 5.30. The zero-order valence-corrected chi connectivity index (χ0v) is 5.90. The van der Waals surface area contributed by atoms with E-state index in [1.54, 1.807) is 0 Å². The van der Waals surface area contributed by atoms with Crippen molar-refractivity contribution in [2.75, 3.05) is 19.6 Å². The monoisotopic (exact) mass is 128 g/mol. The van der Waals surface area contributed by atoms with Gasteiger partial charge in [0, 0.05) is 13.1 Å². The fraction of sp³-hybridized carbons (Fsp3) is 1.00. The van der Waals surface area contributed by atoms with Crippen molar-refractivity contribution in [2.45, 2.75) is 19.3 Å². The molecular weight excluding hydrogens is 112 g/mol.